The molecule has 0 saturated carbocycles. The van der Waals surface area contributed by atoms with Crippen molar-refractivity contribution in [3.05, 3.63) is 24.3 Å². The highest BCUT2D eigenvalue weighted by atomic mass is 35.7. The van der Waals surface area contributed by atoms with E-state index in [4.69, 9.17) is 10.7 Å². The standard InChI is InChI=1S/C10H8ClNO4S/c11-17(15,16)8-3-1-7(2-4-8)12-9(13)5-6-10(12)14/h1-4H,5-6H2. The fourth-order valence-corrected chi connectivity index (χ4v) is 2.39. The van der Waals surface area contributed by atoms with Crippen molar-refractivity contribution in [1.82, 2.24) is 0 Å². The predicted molar refractivity (Wildman–Crippen MR) is 61.2 cm³/mol. The molecule has 0 aliphatic carbocycles. The molecule has 0 bridgehead atoms. The van der Waals surface area contributed by atoms with Gasteiger partial charge >= 0.3 is 0 Å². The molecule has 0 N–H and O–H groups in total. The molecule has 1 aromatic rings. The molecule has 5 nitrogen and oxygen atoms in total. The normalized spacial score (nSPS) is 16.6. The lowest BCUT2D eigenvalue weighted by Gasteiger charge is -2.13. The third-order valence-electron chi connectivity index (χ3n) is 2.43. The van der Waals surface area contributed by atoms with Crippen LogP contribution in [0, 0.1) is 0 Å². The summed E-state index contributed by atoms with van der Waals surface area (Å²) in [5.74, 6) is -0.562. The number of halogens is 1. The van der Waals surface area contributed by atoms with Crippen LogP contribution in [0.3, 0.4) is 0 Å². The van der Waals surface area contributed by atoms with Gasteiger partial charge in [-0.3, -0.25) is 14.5 Å². The highest BCUT2D eigenvalue weighted by Crippen LogP contribution is 2.24. The van der Waals surface area contributed by atoms with Gasteiger partial charge in [-0.15, -0.1) is 0 Å². The van der Waals surface area contributed by atoms with Gasteiger partial charge in [-0.05, 0) is 24.3 Å². The second kappa shape index (κ2) is 4.12. The molecule has 1 heterocycles. The third kappa shape index (κ3) is 2.32. The number of carbonyl (C=O) groups is 2. The van der Waals surface area contributed by atoms with Crippen LogP contribution in [0.5, 0.6) is 0 Å². The molecule has 1 saturated heterocycles. The minimum absolute atomic E-state index is 0.0676. The van der Waals surface area contributed by atoms with Crippen molar-refractivity contribution in [3.8, 4) is 0 Å². The zero-order valence-electron chi connectivity index (χ0n) is 8.59. The van der Waals surface area contributed by atoms with Crippen molar-refractivity contribution < 1.29 is 18.0 Å². The Kier molecular flexibility index (Phi) is 2.92. The summed E-state index contributed by atoms with van der Waals surface area (Å²) >= 11 is 0. The summed E-state index contributed by atoms with van der Waals surface area (Å²) in [7, 11) is 1.37. The molecule has 2 rings (SSSR count). The van der Waals surface area contributed by atoms with E-state index in [-0.39, 0.29) is 29.6 Å². The summed E-state index contributed by atoms with van der Waals surface area (Å²) in [4.78, 5) is 23.8. The van der Waals surface area contributed by atoms with Crippen LogP contribution in [-0.4, -0.2) is 20.2 Å². The molecule has 1 aliphatic rings. The average Bonchev–Trinajstić information content (AvgIpc) is 2.58. The van der Waals surface area contributed by atoms with Gasteiger partial charge in [-0.2, -0.15) is 0 Å². The molecule has 17 heavy (non-hydrogen) atoms. The van der Waals surface area contributed by atoms with Gasteiger partial charge in [-0.1, -0.05) is 0 Å². The molecule has 0 aromatic heterocycles. The fourth-order valence-electron chi connectivity index (χ4n) is 1.62. The second-order valence-corrected chi connectivity index (χ2v) is 6.12. The van der Waals surface area contributed by atoms with Crippen molar-refractivity contribution in [2.45, 2.75) is 17.7 Å². The van der Waals surface area contributed by atoms with E-state index in [9.17, 15) is 18.0 Å². The Morgan fingerprint density at radius 2 is 1.47 bits per heavy atom. The van der Waals surface area contributed by atoms with Crippen LogP contribution in [0.4, 0.5) is 5.69 Å². The van der Waals surface area contributed by atoms with Crippen LogP contribution in [-0.2, 0) is 18.6 Å². The first-order valence-corrected chi connectivity index (χ1v) is 7.11. The second-order valence-electron chi connectivity index (χ2n) is 3.55. The zero-order valence-corrected chi connectivity index (χ0v) is 10.2. The molecule has 90 valence electrons. The number of imide groups is 1. The molecular weight excluding hydrogens is 266 g/mol. The van der Waals surface area contributed by atoms with Crippen molar-refractivity contribution >= 4 is 37.2 Å². The summed E-state index contributed by atoms with van der Waals surface area (Å²) in [6.07, 6.45) is 0.378. The maximum Gasteiger partial charge on any atom is 0.261 e. The minimum Gasteiger partial charge on any atom is -0.274 e. The Labute approximate surface area is 102 Å². The summed E-state index contributed by atoms with van der Waals surface area (Å²) in [6, 6.07) is 5.29. The molecule has 0 atom stereocenters. The smallest absolute Gasteiger partial charge is 0.261 e. The number of hydrogen-bond donors (Lipinski definition) is 0. The number of nitrogens with zero attached hydrogens (tertiary/aromatic N) is 1. The van der Waals surface area contributed by atoms with E-state index < -0.39 is 9.05 Å². The average molecular weight is 274 g/mol. The first-order valence-electron chi connectivity index (χ1n) is 4.80. The van der Waals surface area contributed by atoms with Gasteiger partial charge < -0.3 is 0 Å². The van der Waals surface area contributed by atoms with Crippen molar-refractivity contribution in [2.75, 3.05) is 4.90 Å². The maximum atomic E-state index is 11.4. The van der Waals surface area contributed by atoms with Crippen molar-refractivity contribution in [3.63, 3.8) is 0 Å². The highest BCUT2D eigenvalue weighted by Gasteiger charge is 2.30. The Morgan fingerprint density at radius 3 is 1.88 bits per heavy atom. The molecule has 7 heteroatoms. The van der Waals surface area contributed by atoms with Gasteiger partial charge in [0.1, 0.15) is 0 Å². The molecule has 0 radical (unpaired) electrons. The lowest BCUT2D eigenvalue weighted by molar-refractivity contribution is -0.121. The van der Waals surface area contributed by atoms with E-state index in [0.29, 0.717) is 5.69 Å². The van der Waals surface area contributed by atoms with Gasteiger partial charge in [0.25, 0.3) is 9.05 Å². The molecule has 1 fully saturated rings. The third-order valence-corrected chi connectivity index (χ3v) is 3.80. The molecule has 2 amide bonds. The topological polar surface area (TPSA) is 71.5 Å². The van der Waals surface area contributed by atoms with Crippen LogP contribution < -0.4 is 4.90 Å². The summed E-state index contributed by atoms with van der Waals surface area (Å²) in [6.45, 7) is 0. The predicted octanol–water partition coefficient (Wildman–Crippen LogP) is 1.27. The SMILES string of the molecule is O=C1CCC(=O)N1c1ccc(S(=O)(=O)Cl)cc1. The van der Waals surface area contributed by atoms with Gasteiger partial charge in [0.05, 0.1) is 10.6 Å². The van der Waals surface area contributed by atoms with E-state index in [2.05, 4.69) is 0 Å². The van der Waals surface area contributed by atoms with Crippen LogP contribution in [0.25, 0.3) is 0 Å². The molecule has 0 spiro atoms. The Balaban J connectivity index is 2.36. The molecule has 1 aliphatic heterocycles. The van der Waals surface area contributed by atoms with Crippen LogP contribution in [0.1, 0.15) is 12.8 Å². The summed E-state index contributed by atoms with van der Waals surface area (Å²) < 4.78 is 22.0. The van der Waals surface area contributed by atoms with Gasteiger partial charge in [0, 0.05) is 23.5 Å². The number of hydrogen-bond acceptors (Lipinski definition) is 4. The van der Waals surface area contributed by atoms with Crippen molar-refractivity contribution in [1.29, 1.82) is 0 Å². The van der Waals surface area contributed by atoms with E-state index in [0.717, 1.165) is 4.90 Å². The number of anilines is 1. The zero-order chi connectivity index (χ0) is 12.6. The quantitative estimate of drug-likeness (QED) is 0.601. The molecule has 0 unspecified atom stereocenters. The van der Waals surface area contributed by atoms with Gasteiger partial charge in [0.2, 0.25) is 11.8 Å². The van der Waals surface area contributed by atoms with Crippen LogP contribution in [0.2, 0.25) is 0 Å². The van der Waals surface area contributed by atoms with E-state index >= 15 is 0 Å². The summed E-state index contributed by atoms with van der Waals surface area (Å²) in [5.41, 5.74) is 0.363. The van der Waals surface area contributed by atoms with Crippen LogP contribution >= 0.6 is 10.7 Å². The Bertz CT molecular complexity index is 563. The first kappa shape index (κ1) is 12.1. The first-order chi connectivity index (χ1) is 7.89. The maximum absolute atomic E-state index is 11.4. The Hall–Kier alpha value is -1.40. The minimum atomic E-state index is -3.79. The largest absolute Gasteiger partial charge is 0.274 e. The molecular formula is C10H8ClNO4S. The van der Waals surface area contributed by atoms with E-state index in [1.165, 1.54) is 24.3 Å². The number of carbonyl (C=O) groups excluding carboxylic acids is 2. The lowest BCUT2D eigenvalue weighted by Crippen LogP contribution is -2.28. The van der Waals surface area contributed by atoms with E-state index in [1.54, 1.807) is 0 Å². The van der Waals surface area contributed by atoms with Crippen molar-refractivity contribution in [2.24, 2.45) is 0 Å². The van der Waals surface area contributed by atoms with E-state index in [1.807, 2.05) is 0 Å². The Morgan fingerprint density at radius 1 is 1.00 bits per heavy atom. The van der Waals surface area contributed by atoms with Gasteiger partial charge in [0.15, 0.2) is 0 Å². The summed E-state index contributed by atoms with van der Waals surface area (Å²) in [5, 5.41) is 0. The molecule has 1 aromatic carbocycles. The van der Waals surface area contributed by atoms with Gasteiger partial charge in [-0.25, -0.2) is 8.42 Å². The number of benzene rings is 1. The lowest BCUT2D eigenvalue weighted by atomic mass is 10.3. The monoisotopic (exact) mass is 273 g/mol. The van der Waals surface area contributed by atoms with Crippen LogP contribution in [0.15, 0.2) is 29.2 Å². The number of amides is 2. The number of rotatable bonds is 2. The fraction of sp³-hybridized carbons (Fsp3) is 0.200. The highest BCUT2D eigenvalue weighted by molar-refractivity contribution is 8.13.